The number of carboxylic acids is 1. The van der Waals surface area contributed by atoms with Crippen LogP contribution in [-0.2, 0) is 9.59 Å². The van der Waals surface area contributed by atoms with Crippen LogP contribution in [0.25, 0.3) is 0 Å². The molecule has 0 spiro atoms. The SMILES string of the molecule is CC(C)(N)C(=O)NC(CC(=O)O)c1ccccc1. The second-order valence-electron chi connectivity index (χ2n) is 4.76. The van der Waals surface area contributed by atoms with Gasteiger partial charge in [0.15, 0.2) is 0 Å². The molecule has 0 heterocycles. The monoisotopic (exact) mass is 250 g/mol. The van der Waals surface area contributed by atoms with Crippen LogP contribution in [0.1, 0.15) is 31.9 Å². The lowest BCUT2D eigenvalue weighted by Crippen LogP contribution is -2.50. The van der Waals surface area contributed by atoms with E-state index in [1.54, 1.807) is 38.1 Å². The minimum atomic E-state index is -1.04. The molecule has 1 aromatic rings. The number of carbonyl (C=O) groups excluding carboxylic acids is 1. The molecule has 0 aliphatic heterocycles. The van der Waals surface area contributed by atoms with Crippen LogP contribution in [0, 0.1) is 0 Å². The smallest absolute Gasteiger partial charge is 0.305 e. The molecule has 1 amide bonds. The van der Waals surface area contributed by atoms with Gasteiger partial charge in [-0.15, -0.1) is 0 Å². The fraction of sp³-hybridized carbons (Fsp3) is 0.385. The predicted octanol–water partition coefficient (Wildman–Crippen LogP) is 1.06. The van der Waals surface area contributed by atoms with Gasteiger partial charge in [-0.2, -0.15) is 0 Å². The highest BCUT2D eigenvalue weighted by Gasteiger charge is 2.26. The summed E-state index contributed by atoms with van der Waals surface area (Å²) < 4.78 is 0. The van der Waals surface area contributed by atoms with Crippen molar-refractivity contribution in [3.05, 3.63) is 35.9 Å². The molecule has 4 N–H and O–H groups in total. The van der Waals surface area contributed by atoms with Crippen LogP contribution >= 0.6 is 0 Å². The Morgan fingerprint density at radius 3 is 2.33 bits per heavy atom. The summed E-state index contributed by atoms with van der Waals surface area (Å²) in [7, 11) is 0. The molecular weight excluding hydrogens is 232 g/mol. The molecule has 0 saturated carbocycles. The molecule has 5 heteroatoms. The van der Waals surface area contributed by atoms with Crippen LogP contribution in [0.4, 0.5) is 0 Å². The Kier molecular flexibility index (Phi) is 4.44. The van der Waals surface area contributed by atoms with Crippen molar-refractivity contribution < 1.29 is 14.7 Å². The number of hydrogen-bond acceptors (Lipinski definition) is 3. The molecular formula is C13H18N2O3. The van der Waals surface area contributed by atoms with Crippen molar-refractivity contribution in [3.8, 4) is 0 Å². The Labute approximate surface area is 106 Å². The average Bonchev–Trinajstić information content (AvgIpc) is 2.27. The molecule has 1 atom stereocenters. The van der Waals surface area contributed by atoms with Crippen LogP contribution < -0.4 is 11.1 Å². The Hall–Kier alpha value is -1.88. The first-order valence-electron chi connectivity index (χ1n) is 5.67. The van der Waals surface area contributed by atoms with Crippen LogP contribution in [0.15, 0.2) is 30.3 Å². The van der Waals surface area contributed by atoms with Gasteiger partial charge in [0.1, 0.15) is 0 Å². The molecule has 0 saturated heterocycles. The molecule has 0 fully saturated rings. The zero-order valence-electron chi connectivity index (χ0n) is 10.5. The number of benzene rings is 1. The van der Waals surface area contributed by atoms with E-state index in [4.69, 9.17) is 10.8 Å². The Balaban J connectivity index is 2.87. The number of nitrogens with one attached hydrogen (secondary N) is 1. The molecule has 0 aliphatic carbocycles. The Bertz CT molecular complexity index is 424. The molecule has 1 rings (SSSR count). The number of carboxylic acid groups (broad SMARTS) is 1. The van der Waals surface area contributed by atoms with Crippen molar-refractivity contribution in [2.75, 3.05) is 0 Å². The molecule has 1 unspecified atom stereocenters. The molecule has 18 heavy (non-hydrogen) atoms. The second-order valence-corrected chi connectivity index (χ2v) is 4.76. The van der Waals surface area contributed by atoms with Gasteiger partial charge in [-0.1, -0.05) is 30.3 Å². The minimum Gasteiger partial charge on any atom is -0.481 e. The van der Waals surface area contributed by atoms with E-state index in [0.717, 1.165) is 5.56 Å². The van der Waals surface area contributed by atoms with Crippen LogP contribution in [0.3, 0.4) is 0 Å². The molecule has 0 radical (unpaired) electrons. The summed E-state index contributed by atoms with van der Waals surface area (Å²) in [6, 6.07) is 8.40. The first kappa shape index (κ1) is 14.2. The molecule has 98 valence electrons. The summed E-state index contributed by atoms with van der Waals surface area (Å²) in [5.74, 6) is -1.35. The van der Waals surface area contributed by atoms with Crippen molar-refractivity contribution in [1.29, 1.82) is 0 Å². The summed E-state index contributed by atoms with van der Waals surface area (Å²) in [5.41, 5.74) is 5.39. The van der Waals surface area contributed by atoms with Gasteiger partial charge in [0.2, 0.25) is 5.91 Å². The van der Waals surface area contributed by atoms with Crippen molar-refractivity contribution in [2.24, 2.45) is 5.73 Å². The van der Waals surface area contributed by atoms with E-state index in [9.17, 15) is 9.59 Å². The number of hydrogen-bond donors (Lipinski definition) is 3. The van der Waals surface area contributed by atoms with Gasteiger partial charge < -0.3 is 16.2 Å². The third kappa shape index (κ3) is 4.18. The number of nitrogens with two attached hydrogens (primary N) is 1. The van der Waals surface area contributed by atoms with E-state index in [0.29, 0.717) is 0 Å². The molecule has 0 aliphatic rings. The van der Waals surface area contributed by atoms with Crippen LogP contribution in [0.5, 0.6) is 0 Å². The molecule has 5 nitrogen and oxygen atoms in total. The highest BCUT2D eigenvalue weighted by Crippen LogP contribution is 2.17. The second kappa shape index (κ2) is 5.64. The van der Waals surface area contributed by atoms with Crippen molar-refractivity contribution in [3.63, 3.8) is 0 Å². The summed E-state index contributed by atoms with van der Waals surface area (Å²) in [6.07, 6.45) is -0.175. The summed E-state index contributed by atoms with van der Waals surface area (Å²) >= 11 is 0. The number of rotatable bonds is 5. The van der Waals surface area contributed by atoms with Gasteiger partial charge in [-0.05, 0) is 19.4 Å². The van der Waals surface area contributed by atoms with Gasteiger partial charge in [-0.25, -0.2) is 0 Å². The Morgan fingerprint density at radius 2 is 1.89 bits per heavy atom. The van der Waals surface area contributed by atoms with E-state index in [1.165, 1.54) is 0 Å². The fourth-order valence-electron chi connectivity index (χ4n) is 1.46. The topological polar surface area (TPSA) is 92.4 Å². The minimum absolute atomic E-state index is 0.175. The van der Waals surface area contributed by atoms with Crippen LogP contribution in [-0.4, -0.2) is 22.5 Å². The number of aliphatic carboxylic acids is 1. The maximum Gasteiger partial charge on any atom is 0.305 e. The number of carbonyl (C=O) groups is 2. The van der Waals surface area contributed by atoms with E-state index < -0.39 is 17.6 Å². The van der Waals surface area contributed by atoms with Crippen molar-refractivity contribution in [2.45, 2.75) is 31.8 Å². The lowest BCUT2D eigenvalue weighted by atomic mass is 10.0. The van der Waals surface area contributed by atoms with E-state index in [2.05, 4.69) is 5.32 Å². The van der Waals surface area contributed by atoms with Gasteiger partial charge in [-0.3, -0.25) is 9.59 Å². The molecule has 0 bridgehead atoms. The third-order valence-electron chi connectivity index (χ3n) is 2.47. The summed E-state index contributed by atoms with van der Waals surface area (Å²) in [4.78, 5) is 22.6. The zero-order chi connectivity index (χ0) is 13.8. The van der Waals surface area contributed by atoms with E-state index >= 15 is 0 Å². The molecule has 1 aromatic carbocycles. The van der Waals surface area contributed by atoms with E-state index in [1.807, 2.05) is 6.07 Å². The van der Waals surface area contributed by atoms with Crippen LogP contribution in [0.2, 0.25) is 0 Å². The highest BCUT2D eigenvalue weighted by molar-refractivity contribution is 5.85. The van der Waals surface area contributed by atoms with Gasteiger partial charge in [0.05, 0.1) is 18.0 Å². The first-order chi connectivity index (χ1) is 8.30. The standard InChI is InChI=1S/C13H18N2O3/c1-13(2,14)12(18)15-10(8-11(16)17)9-6-4-3-5-7-9/h3-7,10H,8,14H2,1-2H3,(H,15,18)(H,16,17). The van der Waals surface area contributed by atoms with E-state index in [-0.39, 0.29) is 12.3 Å². The first-order valence-corrected chi connectivity index (χ1v) is 5.67. The van der Waals surface area contributed by atoms with Gasteiger partial charge in [0.25, 0.3) is 0 Å². The fourth-order valence-corrected chi connectivity index (χ4v) is 1.46. The average molecular weight is 250 g/mol. The largest absolute Gasteiger partial charge is 0.481 e. The summed E-state index contributed by atoms with van der Waals surface area (Å²) in [5, 5.41) is 11.5. The van der Waals surface area contributed by atoms with Gasteiger partial charge in [0, 0.05) is 0 Å². The lowest BCUT2D eigenvalue weighted by molar-refractivity contribution is -0.138. The highest BCUT2D eigenvalue weighted by atomic mass is 16.4. The third-order valence-corrected chi connectivity index (χ3v) is 2.47. The number of amides is 1. The van der Waals surface area contributed by atoms with Crippen molar-refractivity contribution in [1.82, 2.24) is 5.32 Å². The molecule has 0 aromatic heterocycles. The van der Waals surface area contributed by atoms with Gasteiger partial charge >= 0.3 is 5.97 Å². The summed E-state index contributed by atoms with van der Waals surface area (Å²) in [6.45, 7) is 3.15. The normalized spacial score (nSPS) is 12.8. The quantitative estimate of drug-likeness (QED) is 0.728. The maximum absolute atomic E-state index is 11.8. The maximum atomic E-state index is 11.8. The zero-order valence-corrected chi connectivity index (χ0v) is 10.5. The van der Waals surface area contributed by atoms with Crippen molar-refractivity contribution >= 4 is 11.9 Å². The lowest BCUT2D eigenvalue weighted by Gasteiger charge is -2.23. The predicted molar refractivity (Wildman–Crippen MR) is 67.8 cm³/mol. The Morgan fingerprint density at radius 1 is 1.33 bits per heavy atom.